The SMILES string of the molecule is CC(C)C[C@@H](O)C(=O)N[C@H](Cc1cccc(C(F)(F)F)c1)C(=O)O. The van der Waals surface area contributed by atoms with Gasteiger partial charge in [-0.05, 0) is 24.0 Å². The summed E-state index contributed by atoms with van der Waals surface area (Å²) >= 11 is 0. The van der Waals surface area contributed by atoms with Crippen molar-refractivity contribution >= 4 is 11.9 Å². The van der Waals surface area contributed by atoms with Crippen LogP contribution in [0.3, 0.4) is 0 Å². The quantitative estimate of drug-likeness (QED) is 0.706. The number of carboxylic acids is 1. The molecule has 0 spiro atoms. The topological polar surface area (TPSA) is 86.6 Å². The van der Waals surface area contributed by atoms with Gasteiger partial charge >= 0.3 is 12.1 Å². The number of aliphatic carboxylic acids is 1. The zero-order chi connectivity index (χ0) is 18.5. The molecule has 0 saturated carbocycles. The lowest BCUT2D eigenvalue weighted by Crippen LogP contribution is -2.46. The van der Waals surface area contributed by atoms with Crippen molar-refractivity contribution in [3.63, 3.8) is 0 Å². The number of carbonyl (C=O) groups excluding carboxylic acids is 1. The van der Waals surface area contributed by atoms with Gasteiger partial charge in [0.05, 0.1) is 5.56 Å². The van der Waals surface area contributed by atoms with Gasteiger partial charge in [-0.2, -0.15) is 13.2 Å². The molecule has 5 nitrogen and oxygen atoms in total. The number of carboxylic acid groups (broad SMARTS) is 1. The van der Waals surface area contributed by atoms with E-state index in [9.17, 15) is 27.9 Å². The zero-order valence-corrected chi connectivity index (χ0v) is 13.3. The van der Waals surface area contributed by atoms with E-state index in [1.165, 1.54) is 12.1 Å². The minimum atomic E-state index is -4.54. The van der Waals surface area contributed by atoms with Crippen molar-refractivity contribution in [2.24, 2.45) is 5.92 Å². The van der Waals surface area contributed by atoms with E-state index in [-0.39, 0.29) is 24.3 Å². The van der Waals surface area contributed by atoms with E-state index in [4.69, 9.17) is 5.11 Å². The molecular weight excluding hydrogens is 327 g/mol. The minimum Gasteiger partial charge on any atom is -0.480 e. The Balaban J connectivity index is 2.84. The lowest BCUT2D eigenvalue weighted by Gasteiger charge is -2.19. The van der Waals surface area contributed by atoms with E-state index < -0.39 is 35.8 Å². The van der Waals surface area contributed by atoms with Gasteiger partial charge in [0.2, 0.25) is 5.91 Å². The minimum absolute atomic E-state index is 0.0255. The van der Waals surface area contributed by atoms with Crippen LogP contribution < -0.4 is 5.32 Å². The summed E-state index contributed by atoms with van der Waals surface area (Å²) < 4.78 is 38.0. The van der Waals surface area contributed by atoms with Crippen molar-refractivity contribution in [1.29, 1.82) is 0 Å². The van der Waals surface area contributed by atoms with Crippen LogP contribution in [0.2, 0.25) is 0 Å². The van der Waals surface area contributed by atoms with Crippen molar-refractivity contribution in [2.45, 2.75) is 45.0 Å². The maximum absolute atomic E-state index is 12.7. The first-order chi connectivity index (χ1) is 11.0. The normalized spacial score (nSPS) is 14.3. The number of benzene rings is 1. The fourth-order valence-electron chi connectivity index (χ4n) is 2.13. The number of rotatable bonds is 7. The summed E-state index contributed by atoms with van der Waals surface area (Å²) in [5.74, 6) is -2.22. The highest BCUT2D eigenvalue weighted by atomic mass is 19.4. The Morgan fingerprint density at radius 2 is 1.88 bits per heavy atom. The maximum atomic E-state index is 12.7. The molecule has 8 heteroatoms. The van der Waals surface area contributed by atoms with Crippen molar-refractivity contribution < 1.29 is 33.0 Å². The fraction of sp³-hybridized carbons (Fsp3) is 0.500. The second kappa shape index (κ2) is 8.14. The molecule has 1 aromatic carbocycles. The number of aliphatic hydroxyl groups excluding tert-OH is 1. The van der Waals surface area contributed by atoms with Crippen LogP contribution in [0, 0.1) is 5.92 Å². The van der Waals surface area contributed by atoms with Crippen LogP contribution in [0.15, 0.2) is 24.3 Å². The van der Waals surface area contributed by atoms with Crippen LogP contribution >= 0.6 is 0 Å². The summed E-state index contributed by atoms with van der Waals surface area (Å²) in [6.45, 7) is 3.57. The van der Waals surface area contributed by atoms with Crippen LogP contribution in [0.25, 0.3) is 0 Å². The fourth-order valence-corrected chi connectivity index (χ4v) is 2.13. The van der Waals surface area contributed by atoms with Crippen LogP contribution in [-0.2, 0) is 22.2 Å². The highest BCUT2D eigenvalue weighted by Gasteiger charge is 2.31. The summed E-state index contributed by atoms with van der Waals surface area (Å²) in [5.41, 5.74) is -0.772. The molecule has 1 rings (SSSR count). The number of halogens is 3. The van der Waals surface area contributed by atoms with Crippen molar-refractivity contribution in [3.05, 3.63) is 35.4 Å². The van der Waals surface area contributed by atoms with E-state index >= 15 is 0 Å². The van der Waals surface area contributed by atoms with Crippen molar-refractivity contribution in [2.75, 3.05) is 0 Å². The van der Waals surface area contributed by atoms with Crippen LogP contribution in [0.1, 0.15) is 31.4 Å². The zero-order valence-electron chi connectivity index (χ0n) is 13.3. The lowest BCUT2D eigenvalue weighted by atomic mass is 10.0. The summed E-state index contributed by atoms with van der Waals surface area (Å²) in [6.07, 6.45) is -6.07. The molecule has 0 fully saturated rings. The number of nitrogens with one attached hydrogen (secondary N) is 1. The van der Waals surface area contributed by atoms with Crippen molar-refractivity contribution in [3.8, 4) is 0 Å². The summed E-state index contributed by atoms with van der Waals surface area (Å²) in [4.78, 5) is 23.1. The number of amides is 1. The number of carbonyl (C=O) groups is 2. The molecule has 0 aliphatic rings. The van der Waals surface area contributed by atoms with Gasteiger partial charge in [0.1, 0.15) is 12.1 Å². The third-order valence-corrected chi connectivity index (χ3v) is 3.31. The van der Waals surface area contributed by atoms with Crippen LogP contribution in [-0.4, -0.2) is 34.2 Å². The predicted octanol–water partition coefficient (Wildman–Crippen LogP) is 2.22. The van der Waals surface area contributed by atoms with Crippen LogP contribution in [0.4, 0.5) is 13.2 Å². The smallest absolute Gasteiger partial charge is 0.416 e. The van der Waals surface area contributed by atoms with Gasteiger partial charge in [0, 0.05) is 6.42 Å². The number of aliphatic hydroxyl groups is 1. The van der Waals surface area contributed by atoms with Gasteiger partial charge in [-0.3, -0.25) is 4.79 Å². The average Bonchev–Trinajstić information content (AvgIpc) is 2.45. The predicted molar refractivity (Wildman–Crippen MR) is 80.2 cm³/mol. The Hall–Kier alpha value is -2.09. The third-order valence-electron chi connectivity index (χ3n) is 3.31. The van der Waals surface area contributed by atoms with Crippen molar-refractivity contribution in [1.82, 2.24) is 5.32 Å². The molecular formula is C16H20F3NO4. The lowest BCUT2D eigenvalue weighted by molar-refractivity contribution is -0.143. The molecule has 0 aliphatic carbocycles. The first kappa shape index (κ1) is 20.0. The number of alkyl halides is 3. The Bertz CT molecular complexity index is 587. The molecule has 0 aliphatic heterocycles. The number of hydrogen-bond acceptors (Lipinski definition) is 3. The summed E-state index contributed by atoms with van der Waals surface area (Å²) in [7, 11) is 0. The van der Waals surface area contributed by atoms with Gasteiger partial charge in [0.15, 0.2) is 0 Å². The van der Waals surface area contributed by atoms with E-state index in [2.05, 4.69) is 5.32 Å². The highest BCUT2D eigenvalue weighted by molar-refractivity contribution is 5.86. The molecule has 1 amide bonds. The molecule has 0 bridgehead atoms. The van der Waals surface area contributed by atoms with Gasteiger partial charge in [0.25, 0.3) is 0 Å². The van der Waals surface area contributed by atoms with Crippen LogP contribution in [0.5, 0.6) is 0 Å². The standard InChI is InChI=1S/C16H20F3NO4/c1-9(2)6-13(21)14(22)20-12(15(23)24)8-10-4-3-5-11(7-10)16(17,18)19/h3-5,7,9,12-13,21H,6,8H2,1-2H3,(H,20,22)(H,23,24)/t12-,13-/m1/s1. The Morgan fingerprint density at radius 3 is 2.38 bits per heavy atom. The molecule has 134 valence electrons. The Labute approximate surface area is 137 Å². The van der Waals surface area contributed by atoms with E-state index in [0.29, 0.717) is 0 Å². The molecule has 0 heterocycles. The van der Waals surface area contributed by atoms with E-state index in [0.717, 1.165) is 12.1 Å². The largest absolute Gasteiger partial charge is 0.480 e. The molecule has 0 saturated heterocycles. The Kier molecular flexibility index (Phi) is 6.77. The average molecular weight is 347 g/mol. The molecule has 0 radical (unpaired) electrons. The molecule has 2 atom stereocenters. The third kappa shape index (κ3) is 6.19. The highest BCUT2D eigenvalue weighted by Crippen LogP contribution is 2.29. The number of hydrogen-bond donors (Lipinski definition) is 3. The van der Waals surface area contributed by atoms with Gasteiger partial charge in [-0.1, -0.05) is 32.0 Å². The summed E-state index contributed by atoms with van der Waals surface area (Å²) in [5, 5.41) is 21.0. The first-order valence-corrected chi connectivity index (χ1v) is 7.38. The molecule has 1 aromatic rings. The maximum Gasteiger partial charge on any atom is 0.416 e. The van der Waals surface area contributed by atoms with E-state index in [1.54, 1.807) is 13.8 Å². The van der Waals surface area contributed by atoms with Gasteiger partial charge in [-0.25, -0.2) is 4.79 Å². The second-order valence-electron chi connectivity index (χ2n) is 5.95. The molecule has 0 unspecified atom stereocenters. The molecule has 0 aromatic heterocycles. The Morgan fingerprint density at radius 1 is 1.25 bits per heavy atom. The monoisotopic (exact) mass is 347 g/mol. The second-order valence-corrected chi connectivity index (χ2v) is 5.95. The molecule has 24 heavy (non-hydrogen) atoms. The van der Waals surface area contributed by atoms with Gasteiger partial charge in [-0.15, -0.1) is 0 Å². The van der Waals surface area contributed by atoms with E-state index in [1.807, 2.05) is 0 Å². The summed E-state index contributed by atoms with van der Waals surface area (Å²) in [6, 6.07) is 2.81. The first-order valence-electron chi connectivity index (χ1n) is 7.38. The molecule has 3 N–H and O–H groups in total. The van der Waals surface area contributed by atoms with Gasteiger partial charge < -0.3 is 15.5 Å².